The Balaban J connectivity index is 2.95. The molecule has 3 heteroatoms. The second-order valence-corrected chi connectivity index (χ2v) is 4.99. The summed E-state index contributed by atoms with van der Waals surface area (Å²) in [5.41, 5.74) is 1.14. The zero-order valence-corrected chi connectivity index (χ0v) is 10.9. The smallest absolute Gasteiger partial charge is 0.202 e. The van der Waals surface area contributed by atoms with Gasteiger partial charge in [-0.1, -0.05) is 12.1 Å². The molecule has 0 N–H and O–H groups in total. The Bertz CT molecular complexity index is 557. The van der Waals surface area contributed by atoms with Crippen LogP contribution in [0.1, 0.15) is 19.9 Å². The summed E-state index contributed by atoms with van der Waals surface area (Å²) < 4.78 is 2.92. The van der Waals surface area contributed by atoms with Crippen molar-refractivity contribution in [2.24, 2.45) is 0 Å². The largest absolute Gasteiger partial charge is 0.344 e. The highest BCUT2D eigenvalue weighted by Gasteiger charge is 2.07. The monoisotopic (exact) mass is 313 g/mol. The van der Waals surface area contributed by atoms with Crippen molar-refractivity contribution in [1.82, 2.24) is 4.57 Å². The van der Waals surface area contributed by atoms with Crippen LogP contribution in [-0.2, 0) is 0 Å². The molecule has 78 valence electrons. The van der Waals surface area contributed by atoms with E-state index in [-0.39, 0.29) is 5.43 Å². The molecule has 0 aliphatic rings. The number of fused-ring (bicyclic) bond motifs is 1. The quantitative estimate of drug-likeness (QED) is 0.741. The summed E-state index contributed by atoms with van der Waals surface area (Å²) in [7, 11) is 0. The average Bonchev–Trinajstić information content (AvgIpc) is 2.23. The highest BCUT2D eigenvalue weighted by molar-refractivity contribution is 14.1. The van der Waals surface area contributed by atoms with Crippen molar-refractivity contribution in [3.63, 3.8) is 0 Å². The Morgan fingerprint density at radius 3 is 2.60 bits per heavy atom. The van der Waals surface area contributed by atoms with Gasteiger partial charge in [0.15, 0.2) is 0 Å². The minimum atomic E-state index is 0.128. The van der Waals surface area contributed by atoms with E-state index in [0.29, 0.717) is 6.04 Å². The lowest BCUT2D eigenvalue weighted by Gasteiger charge is -2.14. The zero-order valence-electron chi connectivity index (χ0n) is 8.70. The highest BCUT2D eigenvalue weighted by Crippen LogP contribution is 2.17. The number of aromatic nitrogens is 1. The van der Waals surface area contributed by atoms with Gasteiger partial charge < -0.3 is 4.57 Å². The van der Waals surface area contributed by atoms with Crippen molar-refractivity contribution >= 4 is 33.5 Å². The van der Waals surface area contributed by atoms with Crippen molar-refractivity contribution in [2.45, 2.75) is 19.9 Å². The number of hydrogen-bond donors (Lipinski definition) is 0. The Morgan fingerprint density at radius 1 is 1.27 bits per heavy atom. The minimum Gasteiger partial charge on any atom is -0.344 e. The molecule has 0 spiro atoms. The number of hydrogen-bond acceptors (Lipinski definition) is 1. The third-order valence-electron chi connectivity index (χ3n) is 2.45. The van der Waals surface area contributed by atoms with Crippen molar-refractivity contribution < 1.29 is 0 Å². The maximum atomic E-state index is 11.9. The first-order valence-electron chi connectivity index (χ1n) is 4.90. The number of halogens is 1. The van der Waals surface area contributed by atoms with Gasteiger partial charge in [-0.2, -0.15) is 0 Å². The standard InChI is InChI=1S/C12H12INO/c1-8(2)14-7-10(13)12(15)9-5-3-4-6-11(9)14/h3-8H,1-2H3. The average molecular weight is 313 g/mol. The Labute approximate surface area is 102 Å². The Kier molecular flexibility index (Phi) is 2.82. The molecule has 0 atom stereocenters. The van der Waals surface area contributed by atoms with Gasteiger partial charge >= 0.3 is 0 Å². The molecule has 0 saturated heterocycles. The second kappa shape index (κ2) is 3.96. The summed E-state index contributed by atoms with van der Waals surface area (Å²) in [4.78, 5) is 11.9. The second-order valence-electron chi connectivity index (χ2n) is 3.82. The van der Waals surface area contributed by atoms with Crippen molar-refractivity contribution in [1.29, 1.82) is 0 Å². The molecule has 0 saturated carbocycles. The first kappa shape index (κ1) is 10.7. The van der Waals surface area contributed by atoms with Gasteiger partial charge in [-0.3, -0.25) is 4.79 Å². The van der Waals surface area contributed by atoms with Crippen LogP contribution in [0.15, 0.2) is 35.3 Å². The molecule has 0 bridgehead atoms. The lowest BCUT2D eigenvalue weighted by molar-refractivity contribution is 0.616. The molecule has 15 heavy (non-hydrogen) atoms. The van der Waals surface area contributed by atoms with E-state index < -0.39 is 0 Å². The van der Waals surface area contributed by atoms with E-state index in [2.05, 4.69) is 41.0 Å². The Hall–Kier alpha value is -0.840. The van der Waals surface area contributed by atoms with Gasteiger partial charge in [0.25, 0.3) is 0 Å². The van der Waals surface area contributed by atoms with Crippen LogP contribution in [0.2, 0.25) is 0 Å². The van der Waals surface area contributed by atoms with E-state index in [1.807, 2.05) is 30.5 Å². The molecule has 1 aromatic heterocycles. The Morgan fingerprint density at radius 2 is 1.93 bits per heavy atom. The molecule has 2 rings (SSSR count). The van der Waals surface area contributed by atoms with Crippen LogP contribution < -0.4 is 5.43 Å². The van der Waals surface area contributed by atoms with Crippen molar-refractivity contribution in [3.8, 4) is 0 Å². The van der Waals surface area contributed by atoms with Crippen LogP contribution in [-0.4, -0.2) is 4.57 Å². The van der Waals surface area contributed by atoms with E-state index in [9.17, 15) is 4.79 Å². The molecule has 0 aliphatic carbocycles. The van der Waals surface area contributed by atoms with Crippen LogP contribution in [0.4, 0.5) is 0 Å². The molecule has 0 amide bonds. The molecular formula is C12H12INO. The number of benzene rings is 1. The van der Waals surface area contributed by atoms with Crippen LogP contribution in [0, 0.1) is 3.57 Å². The molecule has 2 nitrogen and oxygen atoms in total. The summed E-state index contributed by atoms with van der Waals surface area (Å²) in [6.45, 7) is 4.24. The maximum absolute atomic E-state index is 11.9. The van der Waals surface area contributed by atoms with Gasteiger partial charge in [0.1, 0.15) is 0 Å². The van der Waals surface area contributed by atoms with E-state index >= 15 is 0 Å². The summed E-state index contributed by atoms with van der Waals surface area (Å²) in [6.07, 6.45) is 1.93. The molecule has 2 aromatic rings. The SMILES string of the molecule is CC(C)n1cc(I)c(=O)c2ccccc21. The topological polar surface area (TPSA) is 22.0 Å². The normalized spacial score (nSPS) is 11.2. The fraction of sp³-hybridized carbons (Fsp3) is 0.250. The number of pyridine rings is 1. The van der Waals surface area contributed by atoms with E-state index in [1.165, 1.54) is 0 Å². The maximum Gasteiger partial charge on any atom is 0.202 e. The summed E-state index contributed by atoms with van der Waals surface area (Å²) in [5.74, 6) is 0. The van der Waals surface area contributed by atoms with Gasteiger partial charge in [-0.05, 0) is 48.6 Å². The molecule has 1 aromatic carbocycles. The van der Waals surface area contributed by atoms with Crippen LogP contribution >= 0.6 is 22.6 Å². The van der Waals surface area contributed by atoms with E-state index in [1.54, 1.807) is 0 Å². The molecule has 0 unspecified atom stereocenters. The van der Waals surface area contributed by atoms with Crippen molar-refractivity contribution in [2.75, 3.05) is 0 Å². The lowest BCUT2D eigenvalue weighted by Crippen LogP contribution is -2.13. The predicted octanol–water partition coefficient (Wildman–Crippen LogP) is 3.19. The van der Waals surface area contributed by atoms with E-state index in [0.717, 1.165) is 14.5 Å². The summed E-state index contributed by atoms with van der Waals surface area (Å²) in [5, 5.41) is 0.804. The van der Waals surface area contributed by atoms with Gasteiger partial charge in [-0.25, -0.2) is 0 Å². The minimum absolute atomic E-state index is 0.128. The number of rotatable bonds is 1. The number of para-hydroxylation sites is 1. The summed E-state index contributed by atoms with van der Waals surface area (Å²) in [6, 6.07) is 8.12. The van der Waals surface area contributed by atoms with E-state index in [4.69, 9.17) is 0 Å². The van der Waals surface area contributed by atoms with Crippen molar-refractivity contribution in [3.05, 3.63) is 44.3 Å². The first-order chi connectivity index (χ1) is 7.11. The predicted molar refractivity (Wildman–Crippen MR) is 71.3 cm³/mol. The highest BCUT2D eigenvalue weighted by atomic mass is 127. The summed E-state index contributed by atoms with van der Waals surface area (Å²) >= 11 is 2.10. The fourth-order valence-corrected chi connectivity index (χ4v) is 2.29. The molecule has 0 fully saturated rings. The van der Waals surface area contributed by atoms with Gasteiger partial charge in [-0.15, -0.1) is 0 Å². The van der Waals surface area contributed by atoms with Crippen LogP contribution in [0.25, 0.3) is 10.9 Å². The molecule has 0 radical (unpaired) electrons. The third kappa shape index (κ3) is 1.80. The zero-order chi connectivity index (χ0) is 11.0. The van der Waals surface area contributed by atoms with Gasteiger partial charge in [0, 0.05) is 17.6 Å². The van der Waals surface area contributed by atoms with Crippen LogP contribution in [0.5, 0.6) is 0 Å². The van der Waals surface area contributed by atoms with Gasteiger partial charge in [0.05, 0.1) is 9.09 Å². The fourth-order valence-electron chi connectivity index (χ4n) is 1.70. The lowest BCUT2D eigenvalue weighted by atomic mass is 10.2. The number of nitrogens with zero attached hydrogens (tertiary/aromatic N) is 1. The molecule has 1 heterocycles. The van der Waals surface area contributed by atoms with Gasteiger partial charge in [0.2, 0.25) is 5.43 Å². The molecular weight excluding hydrogens is 301 g/mol. The van der Waals surface area contributed by atoms with Crippen LogP contribution in [0.3, 0.4) is 0 Å². The first-order valence-corrected chi connectivity index (χ1v) is 5.98. The molecule has 0 aliphatic heterocycles. The third-order valence-corrected chi connectivity index (χ3v) is 3.22.